The van der Waals surface area contributed by atoms with Crippen LogP contribution in [0.3, 0.4) is 0 Å². The minimum Gasteiger partial charge on any atom is -0.507 e. The number of carbonyl (C=O) groups excluding carboxylic acids is 2. The van der Waals surface area contributed by atoms with Crippen LogP contribution in [0.2, 0.25) is 0 Å². The molecule has 0 spiro atoms. The fourth-order valence-corrected chi connectivity index (χ4v) is 6.27. The highest BCUT2D eigenvalue weighted by atomic mass is 35.5. The Bertz CT molecular complexity index is 1970. The lowest BCUT2D eigenvalue weighted by Gasteiger charge is -2.31. The molecule has 5 aromatic rings. The Morgan fingerprint density at radius 2 is 1.89 bits per heavy atom. The smallest absolute Gasteiger partial charge is 0.278 e. The number of amides is 2. The second-order valence-electron chi connectivity index (χ2n) is 13.0. The molecule has 1 unspecified atom stereocenters. The van der Waals surface area contributed by atoms with Gasteiger partial charge in [0.05, 0.1) is 34.7 Å². The molecule has 1 aliphatic heterocycles. The Kier molecular flexibility index (Phi) is 8.71. The molecule has 246 valence electrons. The van der Waals surface area contributed by atoms with E-state index in [4.69, 9.17) is 16.3 Å². The number of aromatic nitrogens is 5. The molecule has 3 aromatic heterocycles. The molecular weight excluding hydrogens is 618 g/mol. The van der Waals surface area contributed by atoms with E-state index >= 15 is 0 Å². The normalized spacial score (nSPS) is 16.0. The Morgan fingerprint density at radius 1 is 1.13 bits per heavy atom. The molecule has 2 atom stereocenters. The number of nitrogens with zero attached hydrogens (tertiary/aromatic N) is 5. The molecule has 47 heavy (non-hydrogen) atoms. The predicted octanol–water partition coefficient (Wildman–Crippen LogP) is 6.97. The summed E-state index contributed by atoms with van der Waals surface area (Å²) in [5.41, 5.74) is 2.19. The number of phenols is 1. The van der Waals surface area contributed by atoms with Gasteiger partial charge in [0.2, 0.25) is 0 Å². The number of H-pyrrole nitrogens is 1. The maximum atomic E-state index is 13.8. The standard InChI is InChI=1S/C35H40ClN7O4/c1-6-34(3,4)47-13-12-35(5,7-2)43-20-27(40-41-43)32(45)39-30-15-21-14-25(38-26(21)18-37-30)33(46)42-19-22(17-36)31-24-11-9-8-10-23(24)29(44)16-28(31)42/h8-11,14-16,18,20,22,38,44H,6-7,12-13,17,19H2,1-5H3,(H,37,39,45)/t22-,35?/m1/s1. The number of ether oxygens (including phenoxy) is 1. The van der Waals surface area contributed by atoms with Crippen LogP contribution in [0.4, 0.5) is 11.5 Å². The second-order valence-corrected chi connectivity index (χ2v) is 13.4. The van der Waals surface area contributed by atoms with Crippen LogP contribution >= 0.6 is 11.6 Å². The number of carbonyl (C=O) groups is 2. The third kappa shape index (κ3) is 6.17. The van der Waals surface area contributed by atoms with E-state index in [1.165, 1.54) is 0 Å². The first-order valence-electron chi connectivity index (χ1n) is 16.0. The summed E-state index contributed by atoms with van der Waals surface area (Å²) in [6.45, 7) is 11.4. The molecule has 0 saturated heterocycles. The van der Waals surface area contributed by atoms with Gasteiger partial charge in [-0.05, 0) is 63.1 Å². The first-order valence-corrected chi connectivity index (χ1v) is 16.5. The van der Waals surface area contributed by atoms with E-state index in [1.807, 2.05) is 24.3 Å². The largest absolute Gasteiger partial charge is 0.507 e. The topological polar surface area (TPSA) is 138 Å². The molecule has 0 bridgehead atoms. The molecule has 1 aliphatic rings. The van der Waals surface area contributed by atoms with Crippen LogP contribution in [-0.2, 0) is 10.3 Å². The molecular formula is C35H40ClN7O4. The molecule has 3 N–H and O–H groups in total. The number of nitrogens with one attached hydrogen (secondary N) is 2. The number of benzene rings is 2. The third-order valence-electron chi connectivity index (χ3n) is 9.58. The monoisotopic (exact) mass is 657 g/mol. The van der Waals surface area contributed by atoms with E-state index in [0.717, 1.165) is 35.6 Å². The number of hydrogen-bond donors (Lipinski definition) is 3. The lowest BCUT2D eigenvalue weighted by atomic mass is 9.95. The van der Waals surface area contributed by atoms with Crippen LogP contribution in [0, 0.1) is 0 Å². The number of phenolic OH excluding ortho intramolecular Hbond substituents is 1. The minimum atomic E-state index is -0.440. The van der Waals surface area contributed by atoms with Crippen molar-refractivity contribution in [2.45, 2.75) is 70.9 Å². The molecule has 2 aromatic carbocycles. The van der Waals surface area contributed by atoms with Crippen molar-refractivity contribution in [2.75, 3.05) is 29.2 Å². The predicted molar refractivity (Wildman–Crippen MR) is 184 cm³/mol. The van der Waals surface area contributed by atoms with Gasteiger partial charge < -0.3 is 25.0 Å². The van der Waals surface area contributed by atoms with Crippen molar-refractivity contribution < 1.29 is 19.4 Å². The first-order chi connectivity index (χ1) is 22.5. The number of anilines is 2. The third-order valence-corrected chi connectivity index (χ3v) is 9.95. The molecule has 0 saturated carbocycles. The van der Waals surface area contributed by atoms with Gasteiger partial charge in [-0.15, -0.1) is 16.7 Å². The molecule has 6 rings (SSSR count). The van der Waals surface area contributed by atoms with Crippen LogP contribution in [0.25, 0.3) is 21.7 Å². The molecule has 11 nitrogen and oxygen atoms in total. The molecule has 4 heterocycles. The maximum absolute atomic E-state index is 13.8. The van der Waals surface area contributed by atoms with Crippen molar-refractivity contribution in [3.05, 3.63) is 71.8 Å². The Labute approximate surface area is 278 Å². The van der Waals surface area contributed by atoms with Crippen LogP contribution < -0.4 is 10.2 Å². The number of aromatic hydroxyl groups is 1. The van der Waals surface area contributed by atoms with Gasteiger partial charge in [0.1, 0.15) is 17.3 Å². The number of hydrogen-bond acceptors (Lipinski definition) is 7. The number of halogens is 1. The van der Waals surface area contributed by atoms with Gasteiger partial charge in [0.15, 0.2) is 5.69 Å². The summed E-state index contributed by atoms with van der Waals surface area (Å²) in [7, 11) is 0. The summed E-state index contributed by atoms with van der Waals surface area (Å²) >= 11 is 6.36. The Hall–Kier alpha value is -4.48. The SMILES string of the molecule is CCC(C)(C)OCCC(C)(CC)n1cc(C(=O)Nc2cc3cc(C(=O)N4C[C@@H](CCl)c5c4cc(O)c4ccccc54)[nH]c3cn2)nn1. The van der Waals surface area contributed by atoms with Gasteiger partial charge in [0.25, 0.3) is 11.8 Å². The lowest BCUT2D eigenvalue weighted by Crippen LogP contribution is -2.33. The zero-order valence-corrected chi connectivity index (χ0v) is 28.1. The summed E-state index contributed by atoms with van der Waals surface area (Å²) < 4.78 is 7.80. The van der Waals surface area contributed by atoms with Crippen molar-refractivity contribution >= 4 is 56.6 Å². The fourth-order valence-electron chi connectivity index (χ4n) is 6.02. The molecule has 0 radical (unpaired) electrons. The number of alkyl halides is 1. The van der Waals surface area contributed by atoms with Gasteiger partial charge in [-0.3, -0.25) is 9.59 Å². The van der Waals surface area contributed by atoms with E-state index < -0.39 is 5.91 Å². The average molecular weight is 658 g/mol. The molecule has 0 aliphatic carbocycles. The first kappa shape index (κ1) is 32.5. The summed E-state index contributed by atoms with van der Waals surface area (Å²) in [4.78, 5) is 36.2. The number of pyridine rings is 1. The molecule has 0 fully saturated rings. The van der Waals surface area contributed by atoms with Gasteiger partial charge in [0, 0.05) is 41.8 Å². The Balaban J connectivity index is 1.18. The van der Waals surface area contributed by atoms with E-state index in [2.05, 4.69) is 60.2 Å². The van der Waals surface area contributed by atoms with Crippen molar-refractivity contribution in [3.63, 3.8) is 0 Å². The summed E-state index contributed by atoms with van der Waals surface area (Å²) in [6.07, 6.45) is 5.64. The highest BCUT2D eigenvalue weighted by molar-refractivity contribution is 6.19. The molecule has 12 heteroatoms. The van der Waals surface area contributed by atoms with Gasteiger partial charge >= 0.3 is 0 Å². The summed E-state index contributed by atoms with van der Waals surface area (Å²) in [6, 6.07) is 12.7. The lowest BCUT2D eigenvalue weighted by molar-refractivity contribution is -0.0327. The van der Waals surface area contributed by atoms with E-state index in [0.29, 0.717) is 47.1 Å². The van der Waals surface area contributed by atoms with Crippen molar-refractivity contribution in [3.8, 4) is 5.75 Å². The zero-order chi connectivity index (χ0) is 33.5. The van der Waals surface area contributed by atoms with Crippen molar-refractivity contribution in [1.82, 2.24) is 25.0 Å². The van der Waals surface area contributed by atoms with Crippen LogP contribution in [0.1, 0.15) is 86.3 Å². The minimum absolute atomic E-state index is 0.0799. The average Bonchev–Trinajstić information content (AvgIpc) is 3.82. The number of rotatable bonds is 11. The molecule has 2 amide bonds. The quantitative estimate of drug-likeness (QED) is 0.130. The van der Waals surface area contributed by atoms with Crippen LogP contribution in [0.15, 0.2) is 54.9 Å². The van der Waals surface area contributed by atoms with Crippen LogP contribution in [0.5, 0.6) is 5.75 Å². The number of fused-ring (bicyclic) bond motifs is 4. The highest BCUT2D eigenvalue weighted by Gasteiger charge is 2.35. The van der Waals surface area contributed by atoms with Gasteiger partial charge in [-0.25, -0.2) is 9.67 Å². The summed E-state index contributed by atoms with van der Waals surface area (Å²) in [5, 5.41) is 24.3. The van der Waals surface area contributed by atoms with E-state index in [9.17, 15) is 14.7 Å². The summed E-state index contributed by atoms with van der Waals surface area (Å²) in [5.74, 6) is -0.0167. The highest BCUT2D eigenvalue weighted by Crippen LogP contribution is 2.45. The van der Waals surface area contributed by atoms with Crippen molar-refractivity contribution in [2.24, 2.45) is 0 Å². The maximum Gasteiger partial charge on any atom is 0.278 e. The van der Waals surface area contributed by atoms with Crippen molar-refractivity contribution in [1.29, 1.82) is 0 Å². The number of aromatic amines is 1. The van der Waals surface area contributed by atoms with Gasteiger partial charge in [-0.2, -0.15) is 0 Å². The van der Waals surface area contributed by atoms with Gasteiger partial charge in [-0.1, -0.05) is 43.3 Å². The second kappa shape index (κ2) is 12.6. The van der Waals surface area contributed by atoms with E-state index in [-0.39, 0.29) is 34.4 Å². The Morgan fingerprint density at radius 3 is 2.62 bits per heavy atom. The zero-order valence-electron chi connectivity index (χ0n) is 27.3. The fraction of sp³-hybridized carbons (Fsp3) is 0.400. The van der Waals surface area contributed by atoms with Crippen LogP contribution in [-0.4, -0.2) is 66.5 Å². The van der Waals surface area contributed by atoms with E-state index in [1.54, 1.807) is 40.2 Å².